The van der Waals surface area contributed by atoms with Gasteiger partial charge in [-0.25, -0.2) is 4.79 Å². The third-order valence-corrected chi connectivity index (χ3v) is 3.87. The second-order valence-electron chi connectivity index (χ2n) is 5.61. The van der Waals surface area contributed by atoms with E-state index in [0.29, 0.717) is 12.8 Å². The Labute approximate surface area is 124 Å². The summed E-state index contributed by atoms with van der Waals surface area (Å²) in [5.41, 5.74) is -0.742. The molecule has 1 N–H and O–H groups in total. The van der Waals surface area contributed by atoms with Crippen molar-refractivity contribution < 1.29 is 29.0 Å². The number of hydrogen-bond donors (Lipinski definition) is 1. The third kappa shape index (κ3) is 4.31. The van der Waals surface area contributed by atoms with Crippen LogP contribution in [-0.4, -0.2) is 36.2 Å². The van der Waals surface area contributed by atoms with Crippen LogP contribution in [0.5, 0.6) is 0 Å². The summed E-state index contributed by atoms with van der Waals surface area (Å²) in [6, 6.07) is 0. The molecule has 1 saturated carbocycles. The number of hydrogen-bond acceptors (Lipinski definition) is 5. The first-order valence-corrected chi connectivity index (χ1v) is 7.01. The summed E-state index contributed by atoms with van der Waals surface area (Å²) in [5.74, 6) is -2.78. The van der Waals surface area contributed by atoms with E-state index in [1.54, 1.807) is 6.92 Å². The van der Waals surface area contributed by atoms with Crippen LogP contribution in [0, 0.1) is 11.3 Å². The lowest BCUT2D eigenvalue weighted by atomic mass is 9.67. The van der Waals surface area contributed by atoms with Crippen molar-refractivity contribution in [3.63, 3.8) is 0 Å². The molecule has 118 valence electrons. The van der Waals surface area contributed by atoms with Gasteiger partial charge in [0.05, 0.1) is 11.3 Å². The highest BCUT2D eigenvalue weighted by Gasteiger charge is 2.47. The standard InChI is InChI=1S/C15H22O6/c1-10(2)13(18)20-8-9-21-14(19)15(3)7-5-4-6-11(15)12(16)17/h11H,1,4-9H2,2-3H3,(H,16,17). The molecule has 0 amide bonds. The largest absolute Gasteiger partial charge is 0.481 e. The van der Waals surface area contributed by atoms with Gasteiger partial charge in [0.1, 0.15) is 13.2 Å². The Bertz CT molecular complexity index is 441. The van der Waals surface area contributed by atoms with Gasteiger partial charge in [-0.15, -0.1) is 0 Å². The summed E-state index contributed by atoms with van der Waals surface area (Å²) in [6.45, 7) is 6.44. The SMILES string of the molecule is C=C(C)C(=O)OCCOC(=O)C1(C)CCCCC1C(=O)O. The fraction of sp³-hybridized carbons (Fsp3) is 0.667. The Hall–Kier alpha value is -1.85. The lowest BCUT2D eigenvalue weighted by Crippen LogP contribution is -2.43. The van der Waals surface area contributed by atoms with E-state index in [9.17, 15) is 19.5 Å². The number of carbonyl (C=O) groups is 3. The number of carboxylic acids is 1. The number of carbonyl (C=O) groups excluding carboxylic acids is 2. The first-order valence-electron chi connectivity index (χ1n) is 7.01. The molecule has 0 aromatic heterocycles. The van der Waals surface area contributed by atoms with E-state index in [0.717, 1.165) is 12.8 Å². The zero-order valence-electron chi connectivity index (χ0n) is 12.5. The second-order valence-corrected chi connectivity index (χ2v) is 5.61. The number of carboxylic acid groups (broad SMARTS) is 1. The normalized spacial score (nSPS) is 25.0. The minimum atomic E-state index is -1.01. The molecule has 0 aromatic carbocycles. The van der Waals surface area contributed by atoms with Gasteiger partial charge in [0.25, 0.3) is 0 Å². The molecule has 6 heteroatoms. The van der Waals surface area contributed by atoms with Crippen molar-refractivity contribution in [2.75, 3.05) is 13.2 Å². The monoisotopic (exact) mass is 298 g/mol. The number of esters is 2. The molecule has 0 aromatic rings. The molecule has 0 spiro atoms. The van der Waals surface area contributed by atoms with Crippen molar-refractivity contribution in [2.45, 2.75) is 39.5 Å². The van der Waals surface area contributed by atoms with Crippen molar-refractivity contribution in [1.29, 1.82) is 0 Å². The Kier molecular flexibility index (Phi) is 5.93. The molecule has 2 unspecified atom stereocenters. The van der Waals surface area contributed by atoms with Crippen LogP contribution in [0.1, 0.15) is 39.5 Å². The van der Waals surface area contributed by atoms with Crippen molar-refractivity contribution in [2.24, 2.45) is 11.3 Å². The highest BCUT2D eigenvalue weighted by molar-refractivity contribution is 5.87. The molecule has 0 heterocycles. The fourth-order valence-electron chi connectivity index (χ4n) is 2.53. The maximum absolute atomic E-state index is 12.2. The highest BCUT2D eigenvalue weighted by atomic mass is 16.6. The minimum absolute atomic E-state index is 0.0642. The van der Waals surface area contributed by atoms with Crippen LogP contribution in [-0.2, 0) is 23.9 Å². The number of rotatable bonds is 6. The van der Waals surface area contributed by atoms with Crippen molar-refractivity contribution in [3.8, 4) is 0 Å². The number of aliphatic carboxylic acids is 1. The van der Waals surface area contributed by atoms with Crippen LogP contribution in [0.3, 0.4) is 0 Å². The van der Waals surface area contributed by atoms with E-state index in [4.69, 9.17) is 9.47 Å². The summed E-state index contributed by atoms with van der Waals surface area (Å²) in [6.07, 6.45) is 2.58. The molecule has 0 aliphatic heterocycles. The van der Waals surface area contributed by atoms with Gasteiger partial charge < -0.3 is 14.6 Å². The molecule has 1 fully saturated rings. The number of ether oxygens (including phenoxy) is 2. The van der Waals surface area contributed by atoms with E-state index >= 15 is 0 Å². The average molecular weight is 298 g/mol. The van der Waals surface area contributed by atoms with Gasteiger partial charge in [-0.1, -0.05) is 19.4 Å². The van der Waals surface area contributed by atoms with E-state index < -0.39 is 29.2 Å². The summed E-state index contributed by atoms with van der Waals surface area (Å²) in [4.78, 5) is 34.6. The van der Waals surface area contributed by atoms with Crippen LogP contribution in [0.15, 0.2) is 12.2 Å². The van der Waals surface area contributed by atoms with Gasteiger partial charge in [0.15, 0.2) is 0 Å². The fourth-order valence-corrected chi connectivity index (χ4v) is 2.53. The topological polar surface area (TPSA) is 89.9 Å². The Morgan fingerprint density at radius 2 is 1.86 bits per heavy atom. The van der Waals surface area contributed by atoms with Crippen LogP contribution < -0.4 is 0 Å². The van der Waals surface area contributed by atoms with Gasteiger partial charge in [0.2, 0.25) is 0 Å². The second kappa shape index (κ2) is 7.24. The smallest absolute Gasteiger partial charge is 0.333 e. The van der Waals surface area contributed by atoms with Gasteiger partial charge in [-0.3, -0.25) is 9.59 Å². The van der Waals surface area contributed by atoms with E-state index in [1.165, 1.54) is 6.92 Å². The van der Waals surface area contributed by atoms with Crippen LogP contribution in [0.25, 0.3) is 0 Å². The zero-order chi connectivity index (χ0) is 16.0. The lowest BCUT2D eigenvalue weighted by Gasteiger charge is -2.36. The molecule has 2 atom stereocenters. The average Bonchev–Trinajstić information content (AvgIpc) is 2.42. The molecule has 0 radical (unpaired) electrons. The van der Waals surface area contributed by atoms with Crippen LogP contribution in [0.4, 0.5) is 0 Å². The molecule has 1 aliphatic rings. The van der Waals surface area contributed by atoms with E-state index in [2.05, 4.69) is 6.58 Å². The predicted octanol–water partition coefficient (Wildman–Crippen LogP) is 1.93. The van der Waals surface area contributed by atoms with E-state index in [1.807, 2.05) is 0 Å². The molecule has 1 rings (SSSR count). The predicted molar refractivity (Wildman–Crippen MR) is 74.4 cm³/mol. The minimum Gasteiger partial charge on any atom is -0.481 e. The molecule has 21 heavy (non-hydrogen) atoms. The zero-order valence-corrected chi connectivity index (χ0v) is 12.5. The van der Waals surface area contributed by atoms with E-state index in [-0.39, 0.29) is 18.8 Å². The first-order chi connectivity index (χ1) is 9.79. The molecule has 6 nitrogen and oxygen atoms in total. The van der Waals surface area contributed by atoms with Crippen LogP contribution >= 0.6 is 0 Å². The van der Waals surface area contributed by atoms with Gasteiger partial charge in [-0.2, -0.15) is 0 Å². The molecule has 0 saturated heterocycles. The summed E-state index contributed by atoms with van der Waals surface area (Å²) in [5, 5.41) is 9.24. The Morgan fingerprint density at radius 1 is 1.24 bits per heavy atom. The quantitative estimate of drug-likeness (QED) is 0.458. The maximum Gasteiger partial charge on any atom is 0.333 e. The maximum atomic E-state index is 12.2. The highest BCUT2D eigenvalue weighted by Crippen LogP contribution is 2.42. The molecule has 0 bridgehead atoms. The third-order valence-electron chi connectivity index (χ3n) is 3.87. The van der Waals surface area contributed by atoms with Crippen LogP contribution in [0.2, 0.25) is 0 Å². The summed E-state index contributed by atoms with van der Waals surface area (Å²) < 4.78 is 9.90. The molecular formula is C15H22O6. The molecule has 1 aliphatic carbocycles. The molecular weight excluding hydrogens is 276 g/mol. The van der Waals surface area contributed by atoms with Crippen molar-refractivity contribution in [1.82, 2.24) is 0 Å². The van der Waals surface area contributed by atoms with Gasteiger partial charge in [0, 0.05) is 5.57 Å². The van der Waals surface area contributed by atoms with Gasteiger partial charge >= 0.3 is 17.9 Å². The van der Waals surface area contributed by atoms with Crippen molar-refractivity contribution in [3.05, 3.63) is 12.2 Å². The van der Waals surface area contributed by atoms with Crippen molar-refractivity contribution >= 4 is 17.9 Å². The first kappa shape index (κ1) is 17.2. The Balaban J connectivity index is 2.51. The summed E-state index contributed by atoms with van der Waals surface area (Å²) in [7, 11) is 0. The lowest BCUT2D eigenvalue weighted by molar-refractivity contribution is -0.170. The Morgan fingerprint density at radius 3 is 2.43 bits per heavy atom. The summed E-state index contributed by atoms with van der Waals surface area (Å²) >= 11 is 0. The van der Waals surface area contributed by atoms with Gasteiger partial charge in [-0.05, 0) is 26.7 Å².